The molecular weight excluding hydrogens is 256 g/mol. The van der Waals surface area contributed by atoms with Crippen LogP contribution < -0.4 is 5.32 Å². The molecule has 3 rings (SSSR count). The summed E-state index contributed by atoms with van der Waals surface area (Å²) in [4.78, 5) is 26.2. The number of carbonyl (C=O) groups excluding carboxylic acids is 1. The number of likely N-dealkylation sites (tertiary alicyclic amines) is 1. The van der Waals surface area contributed by atoms with Gasteiger partial charge in [0.1, 0.15) is 5.54 Å². The lowest BCUT2D eigenvalue weighted by molar-refractivity contribution is -0.157. The van der Waals surface area contributed by atoms with Crippen molar-refractivity contribution in [2.24, 2.45) is 11.3 Å². The minimum Gasteiger partial charge on any atom is -0.479 e. The summed E-state index contributed by atoms with van der Waals surface area (Å²) < 4.78 is 0. The first-order chi connectivity index (χ1) is 9.56. The maximum absolute atomic E-state index is 12.8. The monoisotopic (exact) mass is 280 g/mol. The molecule has 0 bridgehead atoms. The molecule has 5 heteroatoms. The van der Waals surface area contributed by atoms with Crippen molar-refractivity contribution in [3.8, 4) is 0 Å². The van der Waals surface area contributed by atoms with E-state index in [0.29, 0.717) is 19.4 Å². The Bertz CT molecular complexity index is 431. The van der Waals surface area contributed by atoms with Crippen LogP contribution in [0.2, 0.25) is 0 Å². The summed E-state index contributed by atoms with van der Waals surface area (Å²) in [6.45, 7) is 4.47. The fourth-order valence-corrected chi connectivity index (χ4v) is 4.30. The number of amides is 1. The molecule has 0 aromatic carbocycles. The zero-order chi connectivity index (χ0) is 14.4. The van der Waals surface area contributed by atoms with Crippen molar-refractivity contribution in [1.82, 2.24) is 10.2 Å². The molecule has 1 aliphatic carbocycles. The summed E-state index contributed by atoms with van der Waals surface area (Å²) in [6, 6.07) is 0. The smallest absolute Gasteiger partial charge is 0.329 e. The van der Waals surface area contributed by atoms with Crippen LogP contribution in [0.5, 0.6) is 0 Å². The molecule has 3 aliphatic rings. The number of nitrogens with zero attached hydrogens (tertiary/aromatic N) is 1. The Morgan fingerprint density at radius 2 is 2.00 bits per heavy atom. The molecule has 2 N–H and O–H groups in total. The van der Waals surface area contributed by atoms with Gasteiger partial charge in [0.25, 0.3) is 0 Å². The number of piperidine rings is 1. The largest absolute Gasteiger partial charge is 0.479 e. The second-order valence-electron chi connectivity index (χ2n) is 6.65. The number of carboxylic acid groups (broad SMARTS) is 1. The van der Waals surface area contributed by atoms with Crippen molar-refractivity contribution in [1.29, 1.82) is 0 Å². The summed E-state index contributed by atoms with van der Waals surface area (Å²) in [6.07, 6.45) is 5.00. The van der Waals surface area contributed by atoms with E-state index >= 15 is 0 Å². The third-order valence-corrected chi connectivity index (χ3v) is 5.82. The first kappa shape index (κ1) is 13.9. The van der Waals surface area contributed by atoms with Crippen LogP contribution in [0.4, 0.5) is 0 Å². The van der Waals surface area contributed by atoms with Gasteiger partial charge >= 0.3 is 5.97 Å². The highest BCUT2D eigenvalue weighted by Gasteiger charge is 2.61. The molecule has 2 saturated heterocycles. The van der Waals surface area contributed by atoms with Gasteiger partial charge in [-0.05, 0) is 57.0 Å². The maximum atomic E-state index is 12.8. The minimum absolute atomic E-state index is 0.0768. The summed E-state index contributed by atoms with van der Waals surface area (Å²) in [5, 5.41) is 12.9. The Balaban J connectivity index is 1.76. The zero-order valence-corrected chi connectivity index (χ0v) is 12.2. The molecular formula is C15H24N2O3. The Kier molecular flexibility index (Phi) is 3.27. The summed E-state index contributed by atoms with van der Waals surface area (Å²) in [7, 11) is 0. The average Bonchev–Trinajstić information content (AvgIpc) is 2.96. The summed E-state index contributed by atoms with van der Waals surface area (Å²) in [5.74, 6) is -0.646. The Labute approximate surface area is 119 Å². The highest BCUT2D eigenvalue weighted by molar-refractivity contribution is 5.90. The molecule has 112 valence electrons. The molecule has 1 amide bonds. The van der Waals surface area contributed by atoms with E-state index in [1.165, 1.54) is 0 Å². The molecule has 2 aliphatic heterocycles. The topological polar surface area (TPSA) is 69.6 Å². The van der Waals surface area contributed by atoms with Gasteiger partial charge in [0.2, 0.25) is 5.91 Å². The molecule has 2 atom stereocenters. The van der Waals surface area contributed by atoms with Crippen LogP contribution in [0.15, 0.2) is 0 Å². The standard InChI is InChI=1S/C15H24N2O3/c1-2-15(13(19)20)4-3-9-17(15)12(18)11-10-14(11)5-7-16-8-6-14/h11,16H,2-10H2,1H3,(H,19,20). The minimum atomic E-state index is -0.937. The first-order valence-corrected chi connectivity index (χ1v) is 7.81. The van der Waals surface area contributed by atoms with Crippen LogP contribution in [0, 0.1) is 11.3 Å². The molecule has 2 heterocycles. The van der Waals surface area contributed by atoms with Gasteiger partial charge in [0.05, 0.1) is 0 Å². The SMILES string of the molecule is CCC1(C(=O)O)CCCN1C(=O)C1CC12CCNCC2. The highest BCUT2D eigenvalue weighted by atomic mass is 16.4. The normalized spacial score (nSPS) is 35.2. The van der Waals surface area contributed by atoms with Crippen LogP contribution in [-0.2, 0) is 9.59 Å². The van der Waals surface area contributed by atoms with E-state index in [2.05, 4.69) is 5.32 Å². The fraction of sp³-hybridized carbons (Fsp3) is 0.867. The molecule has 3 fully saturated rings. The van der Waals surface area contributed by atoms with Crippen LogP contribution in [0.25, 0.3) is 0 Å². The van der Waals surface area contributed by atoms with Crippen molar-refractivity contribution >= 4 is 11.9 Å². The number of hydrogen-bond acceptors (Lipinski definition) is 3. The quantitative estimate of drug-likeness (QED) is 0.816. The third kappa shape index (κ3) is 1.86. The number of aliphatic carboxylic acids is 1. The van der Waals surface area contributed by atoms with Crippen LogP contribution in [0.1, 0.15) is 45.4 Å². The fourth-order valence-electron chi connectivity index (χ4n) is 4.30. The van der Waals surface area contributed by atoms with E-state index in [4.69, 9.17) is 0 Å². The van der Waals surface area contributed by atoms with E-state index in [1.54, 1.807) is 4.90 Å². The lowest BCUT2D eigenvalue weighted by Gasteiger charge is -2.35. The highest BCUT2D eigenvalue weighted by Crippen LogP contribution is 2.60. The molecule has 1 spiro atoms. The first-order valence-electron chi connectivity index (χ1n) is 7.81. The van der Waals surface area contributed by atoms with E-state index < -0.39 is 11.5 Å². The van der Waals surface area contributed by atoms with Gasteiger partial charge in [-0.25, -0.2) is 4.79 Å². The summed E-state index contributed by atoms with van der Waals surface area (Å²) in [5.41, 5.74) is -0.753. The van der Waals surface area contributed by atoms with Gasteiger partial charge in [0.15, 0.2) is 0 Å². The lowest BCUT2D eigenvalue weighted by Crippen LogP contribution is -2.53. The Morgan fingerprint density at radius 1 is 1.30 bits per heavy atom. The van der Waals surface area contributed by atoms with Gasteiger partial charge in [-0.2, -0.15) is 0 Å². The molecule has 5 nitrogen and oxygen atoms in total. The van der Waals surface area contributed by atoms with Gasteiger partial charge < -0.3 is 15.3 Å². The summed E-state index contributed by atoms with van der Waals surface area (Å²) >= 11 is 0. The van der Waals surface area contributed by atoms with Gasteiger partial charge in [0, 0.05) is 12.5 Å². The molecule has 1 saturated carbocycles. The van der Waals surface area contributed by atoms with E-state index in [1.807, 2.05) is 6.92 Å². The number of hydrogen-bond donors (Lipinski definition) is 2. The van der Waals surface area contributed by atoms with Crippen LogP contribution >= 0.6 is 0 Å². The third-order valence-electron chi connectivity index (χ3n) is 5.82. The number of carboxylic acids is 1. The van der Waals surface area contributed by atoms with Gasteiger partial charge in [-0.3, -0.25) is 4.79 Å². The van der Waals surface area contributed by atoms with E-state index in [-0.39, 0.29) is 17.2 Å². The average molecular weight is 280 g/mol. The predicted molar refractivity (Wildman–Crippen MR) is 74.2 cm³/mol. The van der Waals surface area contributed by atoms with Crippen LogP contribution in [-0.4, -0.2) is 47.1 Å². The van der Waals surface area contributed by atoms with Crippen molar-refractivity contribution in [2.45, 2.75) is 51.0 Å². The van der Waals surface area contributed by atoms with Crippen molar-refractivity contribution in [2.75, 3.05) is 19.6 Å². The number of rotatable bonds is 3. The predicted octanol–water partition coefficient (Wildman–Crippen LogP) is 1.23. The molecule has 0 aromatic rings. The molecule has 2 unspecified atom stereocenters. The number of carbonyl (C=O) groups is 2. The lowest BCUT2D eigenvalue weighted by atomic mass is 9.89. The van der Waals surface area contributed by atoms with Crippen molar-refractivity contribution < 1.29 is 14.7 Å². The van der Waals surface area contributed by atoms with Gasteiger partial charge in [-0.1, -0.05) is 6.92 Å². The second kappa shape index (κ2) is 4.72. The van der Waals surface area contributed by atoms with E-state index in [0.717, 1.165) is 38.8 Å². The molecule has 0 radical (unpaired) electrons. The zero-order valence-electron chi connectivity index (χ0n) is 12.2. The maximum Gasteiger partial charge on any atom is 0.329 e. The van der Waals surface area contributed by atoms with Crippen molar-refractivity contribution in [3.63, 3.8) is 0 Å². The number of nitrogens with one attached hydrogen (secondary N) is 1. The van der Waals surface area contributed by atoms with E-state index in [9.17, 15) is 14.7 Å². The second-order valence-corrected chi connectivity index (χ2v) is 6.65. The Hall–Kier alpha value is -1.10. The van der Waals surface area contributed by atoms with Gasteiger partial charge in [-0.15, -0.1) is 0 Å². The molecule has 20 heavy (non-hydrogen) atoms. The Morgan fingerprint density at radius 3 is 2.60 bits per heavy atom. The molecule has 0 aromatic heterocycles. The van der Waals surface area contributed by atoms with Crippen molar-refractivity contribution in [3.05, 3.63) is 0 Å². The van der Waals surface area contributed by atoms with Crippen LogP contribution in [0.3, 0.4) is 0 Å².